The summed E-state index contributed by atoms with van der Waals surface area (Å²) in [5.41, 5.74) is 2.98. The first-order valence-electron chi connectivity index (χ1n) is 7.94. The number of fused-ring (bicyclic) bond motifs is 1. The van der Waals surface area contributed by atoms with Gasteiger partial charge in [0.15, 0.2) is 5.13 Å². The number of amides is 1. The van der Waals surface area contributed by atoms with Crippen molar-refractivity contribution < 1.29 is 4.79 Å². The van der Waals surface area contributed by atoms with Gasteiger partial charge in [0, 0.05) is 41.0 Å². The third kappa shape index (κ3) is 3.43. The van der Waals surface area contributed by atoms with Gasteiger partial charge in [-0.2, -0.15) is 5.10 Å². The number of hydrogen-bond donors (Lipinski definition) is 2. The van der Waals surface area contributed by atoms with Crippen LogP contribution in [0.1, 0.15) is 12.8 Å². The summed E-state index contributed by atoms with van der Waals surface area (Å²) in [7, 11) is 0. The zero-order valence-electron chi connectivity index (χ0n) is 13.3. The Morgan fingerprint density at radius 2 is 2.24 bits per heavy atom. The Labute approximate surface area is 147 Å². The lowest BCUT2D eigenvalue weighted by Gasteiger charge is -2.02. The lowest BCUT2D eigenvalue weighted by molar-refractivity contribution is -0.116. The molecular formula is C17H16N6OS. The van der Waals surface area contributed by atoms with Crippen molar-refractivity contribution in [1.82, 2.24) is 24.7 Å². The zero-order valence-corrected chi connectivity index (χ0v) is 14.2. The van der Waals surface area contributed by atoms with Gasteiger partial charge in [-0.1, -0.05) is 18.2 Å². The molecule has 4 rings (SSSR count). The van der Waals surface area contributed by atoms with Crippen LogP contribution in [0.4, 0.5) is 5.13 Å². The summed E-state index contributed by atoms with van der Waals surface area (Å²) in [4.78, 5) is 23.7. The molecule has 4 aromatic rings. The summed E-state index contributed by atoms with van der Waals surface area (Å²) < 4.78 is 1.71. The number of nitrogens with one attached hydrogen (secondary N) is 2. The molecular weight excluding hydrogens is 336 g/mol. The molecule has 25 heavy (non-hydrogen) atoms. The number of thiazole rings is 1. The average Bonchev–Trinajstić information content (AvgIpc) is 3.35. The Bertz CT molecular complexity index is 988. The molecule has 1 aromatic carbocycles. The molecule has 7 nitrogen and oxygen atoms in total. The Morgan fingerprint density at radius 1 is 1.32 bits per heavy atom. The second-order valence-electron chi connectivity index (χ2n) is 5.60. The minimum atomic E-state index is -0.0417. The fraction of sp³-hybridized carbons (Fsp3) is 0.176. The van der Waals surface area contributed by atoms with Crippen LogP contribution in [0.15, 0.2) is 48.5 Å². The van der Waals surface area contributed by atoms with E-state index in [0.29, 0.717) is 24.5 Å². The van der Waals surface area contributed by atoms with E-state index in [1.54, 1.807) is 11.0 Å². The number of nitrogens with zero attached hydrogens (tertiary/aromatic N) is 4. The summed E-state index contributed by atoms with van der Waals surface area (Å²) in [6, 6.07) is 8.09. The molecule has 0 saturated carbocycles. The molecule has 0 spiro atoms. The minimum absolute atomic E-state index is 0.0417. The minimum Gasteiger partial charge on any atom is -0.360 e. The van der Waals surface area contributed by atoms with Crippen molar-refractivity contribution in [2.24, 2.45) is 0 Å². The van der Waals surface area contributed by atoms with Crippen molar-refractivity contribution in [1.29, 1.82) is 0 Å². The molecule has 1 amide bonds. The number of carbonyl (C=O) groups is 1. The molecule has 2 N–H and O–H groups in total. The van der Waals surface area contributed by atoms with Gasteiger partial charge in [-0.15, -0.1) is 11.3 Å². The van der Waals surface area contributed by atoms with Gasteiger partial charge < -0.3 is 10.3 Å². The van der Waals surface area contributed by atoms with Gasteiger partial charge in [0.25, 0.3) is 0 Å². The highest BCUT2D eigenvalue weighted by atomic mass is 32.1. The van der Waals surface area contributed by atoms with E-state index >= 15 is 0 Å². The van der Waals surface area contributed by atoms with Crippen molar-refractivity contribution in [2.75, 3.05) is 5.32 Å². The van der Waals surface area contributed by atoms with Crippen LogP contribution in [0.25, 0.3) is 22.2 Å². The maximum Gasteiger partial charge on any atom is 0.226 e. The predicted molar refractivity (Wildman–Crippen MR) is 97.3 cm³/mol. The van der Waals surface area contributed by atoms with E-state index in [0.717, 1.165) is 22.2 Å². The van der Waals surface area contributed by atoms with E-state index < -0.39 is 0 Å². The summed E-state index contributed by atoms with van der Waals surface area (Å²) in [6.07, 6.45) is 6.20. The quantitative estimate of drug-likeness (QED) is 0.557. The van der Waals surface area contributed by atoms with Crippen molar-refractivity contribution in [2.45, 2.75) is 19.4 Å². The zero-order chi connectivity index (χ0) is 17.1. The number of hydrogen-bond acceptors (Lipinski definition) is 5. The number of aromatic nitrogens is 5. The number of carbonyl (C=O) groups excluding carboxylic acids is 1. The lowest BCUT2D eigenvalue weighted by atomic mass is 10.1. The van der Waals surface area contributed by atoms with Gasteiger partial charge >= 0.3 is 0 Å². The predicted octanol–water partition coefficient (Wildman–Crippen LogP) is 3.30. The van der Waals surface area contributed by atoms with Gasteiger partial charge in [-0.3, -0.25) is 9.48 Å². The molecule has 0 atom stereocenters. The molecule has 0 unspecified atom stereocenters. The second kappa shape index (κ2) is 6.86. The van der Waals surface area contributed by atoms with E-state index in [1.807, 2.05) is 29.8 Å². The standard InChI is InChI=1S/C17H16N6OS/c24-16(6-3-7-23-11-18-10-20-23)22-17-21-15(9-25-17)13-8-19-14-5-2-1-4-12(13)14/h1-2,4-5,8-11,19H,3,6-7H2,(H,21,22,24). The van der Waals surface area contributed by atoms with Crippen molar-refractivity contribution >= 4 is 33.3 Å². The molecule has 0 aliphatic heterocycles. The van der Waals surface area contributed by atoms with Gasteiger partial charge in [-0.05, 0) is 12.5 Å². The number of H-pyrrole nitrogens is 1. The smallest absolute Gasteiger partial charge is 0.226 e. The number of rotatable bonds is 6. The van der Waals surface area contributed by atoms with Crippen LogP contribution in [0.5, 0.6) is 0 Å². The van der Waals surface area contributed by atoms with Gasteiger partial charge in [0.2, 0.25) is 5.91 Å². The molecule has 3 heterocycles. The summed E-state index contributed by atoms with van der Waals surface area (Å²) >= 11 is 1.43. The lowest BCUT2D eigenvalue weighted by Crippen LogP contribution is -2.12. The molecule has 0 radical (unpaired) electrons. The first kappa shape index (κ1) is 15.5. The first-order chi connectivity index (χ1) is 12.3. The number of anilines is 1. The number of benzene rings is 1. The van der Waals surface area contributed by atoms with Gasteiger partial charge in [0.05, 0.1) is 5.69 Å². The molecule has 0 saturated heterocycles. The molecule has 0 aliphatic carbocycles. The van der Waals surface area contributed by atoms with Crippen LogP contribution in [0, 0.1) is 0 Å². The Balaban J connectivity index is 1.38. The third-order valence-corrected chi connectivity index (χ3v) is 4.63. The highest BCUT2D eigenvalue weighted by Gasteiger charge is 2.11. The molecule has 3 aromatic heterocycles. The van der Waals surface area contributed by atoms with Crippen LogP contribution >= 0.6 is 11.3 Å². The summed E-state index contributed by atoms with van der Waals surface area (Å²) in [5.74, 6) is -0.0417. The van der Waals surface area contributed by atoms with Crippen molar-refractivity contribution in [3.05, 3.63) is 48.5 Å². The second-order valence-corrected chi connectivity index (χ2v) is 6.45. The largest absolute Gasteiger partial charge is 0.360 e. The Hall–Kier alpha value is -3.00. The molecule has 8 heteroatoms. The number of aromatic amines is 1. The fourth-order valence-corrected chi connectivity index (χ4v) is 3.40. The van der Waals surface area contributed by atoms with E-state index in [1.165, 1.54) is 17.7 Å². The highest BCUT2D eigenvalue weighted by molar-refractivity contribution is 7.14. The van der Waals surface area contributed by atoms with Crippen LogP contribution < -0.4 is 5.32 Å². The van der Waals surface area contributed by atoms with Crippen LogP contribution in [-0.4, -0.2) is 30.6 Å². The van der Waals surface area contributed by atoms with E-state index in [9.17, 15) is 4.79 Å². The van der Waals surface area contributed by atoms with Gasteiger partial charge in [0.1, 0.15) is 12.7 Å². The van der Waals surface area contributed by atoms with Crippen LogP contribution in [0.3, 0.4) is 0 Å². The SMILES string of the molecule is O=C(CCCn1cncn1)Nc1nc(-c2c[nH]c3ccccc23)cs1. The fourth-order valence-electron chi connectivity index (χ4n) is 2.67. The molecule has 0 aliphatic rings. The Kier molecular flexibility index (Phi) is 4.26. The summed E-state index contributed by atoms with van der Waals surface area (Å²) in [5, 5.41) is 10.6. The monoisotopic (exact) mass is 352 g/mol. The number of para-hydroxylation sites is 1. The van der Waals surface area contributed by atoms with Crippen molar-refractivity contribution in [3.63, 3.8) is 0 Å². The van der Waals surface area contributed by atoms with E-state index in [2.05, 4.69) is 31.4 Å². The molecule has 0 bridgehead atoms. The summed E-state index contributed by atoms with van der Waals surface area (Å²) in [6.45, 7) is 0.672. The van der Waals surface area contributed by atoms with Crippen molar-refractivity contribution in [3.8, 4) is 11.3 Å². The van der Waals surface area contributed by atoms with E-state index in [4.69, 9.17) is 0 Å². The molecule has 0 fully saturated rings. The number of aryl methyl sites for hydroxylation is 1. The Morgan fingerprint density at radius 3 is 3.12 bits per heavy atom. The molecule has 126 valence electrons. The topological polar surface area (TPSA) is 88.5 Å². The third-order valence-electron chi connectivity index (χ3n) is 3.87. The highest BCUT2D eigenvalue weighted by Crippen LogP contribution is 2.30. The first-order valence-corrected chi connectivity index (χ1v) is 8.82. The van der Waals surface area contributed by atoms with Gasteiger partial charge in [-0.25, -0.2) is 9.97 Å². The maximum atomic E-state index is 12.1. The van der Waals surface area contributed by atoms with Crippen LogP contribution in [-0.2, 0) is 11.3 Å². The maximum absolute atomic E-state index is 12.1. The van der Waals surface area contributed by atoms with E-state index in [-0.39, 0.29) is 5.91 Å². The van der Waals surface area contributed by atoms with Crippen LogP contribution in [0.2, 0.25) is 0 Å². The normalized spacial score (nSPS) is 11.0. The average molecular weight is 352 g/mol.